The molecule has 0 bridgehead atoms. The summed E-state index contributed by atoms with van der Waals surface area (Å²) >= 11 is 1.40. The Bertz CT molecular complexity index is 1560. The van der Waals surface area contributed by atoms with Crippen LogP contribution in [0, 0.1) is 17.6 Å². The maximum atomic E-state index is 15.3. The van der Waals surface area contributed by atoms with E-state index in [1.165, 1.54) is 28.7 Å². The summed E-state index contributed by atoms with van der Waals surface area (Å²) in [6.45, 7) is 3.91. The van der Waals surface area contributed by atoms with E-state index >= 15 is 4.39 Å². The minimum Gasteiger partial charge on any atom is -0.420 e. The molecule has 6 rings (SSSR count). The van der Waals surface area contributed by atoms with Crippen LogP contribution >= 0.6 is 11.8 Å². The fourth-order valence-electron chi connectivity index (χ4n) is 5.29. The van der Waals surface area contributed by atoms with Gasteiger partial charge in [-0.2, -0.15) is 0 Å². The first-order chi connectivity index (χ1) is 18.8. The van der Waals surface area contributed by atoms with Crippen molar-refractivity contribution in [1.82, 2.24) is 9.58 Å². The second-order valence-corrected chi connectivity index (χ2v) is 10.9. The standard InChI is InChI=1S/C28H25F2N3O5S/c1-15(2)28(36)38-26-20(34)9-10-32-25(26)27(35)31-11-12-37-13-22(31)33(32)24-16-7-8-19(29)23(30)18(16)14-39-21-6-4-3-5-17(21)24/h3-10,15,22,24H,11-14H2,1-2H3/t22-,24+/m1/s1. The molecular formula is C28H25F2N3O5S. The molecule has 0 aliphatic carbocycles. The molecule has 2 aromatic carbocycles. The highest BCUT2D eigenvalue weighted by atomic mass is 32.2. The smallest absolute Gasteiger partial charge is 0.313 e. The minimum absolute atomic E-state index is 0.104. The number of hydrogen-bond donors (Lipinski definition) is 0. The lowest BCUT2D eigenvalue weighted by molar-refractivity contribution is -0.137. The SMILES string of the molecule is CC(C)C(=O)Oc1c2n(ccc1=O)N([C@@H]1c3ccccc3SCc3c1ccc(F)c3F)[C@@H]1COCCN1C2=O. The number of halogens is 2. The van der Waals surface area contributed by atoms with Gasteiger partial charge in [0.25, 0.3) is 5.91 Å². The van der Waals surface area contributed by atoms with E-state index in [9.17, 15) is 18.8 Å². The summed E-state index contributed by atoms with van der Waals surface area (Å²) in [7, 11) is 0. The van der Waals surface area contributed by atoms with Gasteiger partial charge >= 0.3 is 5.97 Å². The number of esters is 1. The Kier molecular flexibility index (Phi) is 6.43. The van der Waals surface area contributed by atoms with E-state index in [4.69, 9.17) is 9.47 Å². The molecule has 0 unspecified atom stereocenters. The molecule has 11 heteroatoms. The molecule has 202 valence electrons. The first kappa shape index (κ1) is 25.6. The Morgan fingerprint density at radius 2 is 1.90 bits per heavy atom. The lowest BCUT2D eigenvalue weighted by Crippen LogP contribution is -2.66. The number of carbonyl (C=O) groups excluding carboxylic acids is 2. The molecule has 3 aliphatic rings. The number of thioether (sulfide) groups is 1. The van der Waals surface area contributed by atoms with E-state index < -0.39 is 47.1 Å². The van der Waals surface area contributed by atoms with Crippen molar-refractivity contribution in [3.05, 3.63) is 92.9 Å². The zero-order chi connectivity index (χ0) is 27.4. The largest absolute Gasteiger partial charge is 0.420 e. The number of pyridine rings is 1. The third-order valence-electron chi connectivity index (χ3n) is 7.21. The zero-order valence-corrected chi connectivity index (χ0v) is 22.0. The Labute approximate surface area is 227 Å². The molecule has 4 heterocycles. The first-order valence-corrected chi connectivity index (χ1v) is 13.6. The lowest BCUT2D eigenvalue weighted by atomic mass is 9.93. The predicted octanol–water partition coefficient (Wildman–Crippen LogP) is 3.83. The minimum atomic E-state index is -0.942. The van der Waals surface area contributed by atoms with Crippen LogP contribution in [0.5, 0.6) is 5.75 Å². The topological polar surface area (TPSA) is 81.1 Å². The Morgan fingerprint density at radius 1 is 1.10 bits per heavy atom. The van der Waals surface area contributed by atoms with Crippen molar-refractivity contribution in [3.8, 4) is 5.75 Å². The summed E-state index contributed by atoms with van der Waals surface area (Å²) in [6, 6.07) is 10.8. The highest BCUT2D eigenvalue weighted by Gasteiger charge is 2.46. The summed E-state index contributed by atoms with van der Waals surface area (Å²) in [6.07, 6.45) is 0.811. The van der Waals surface area contributed by atoms with Gasteiger partial charge in [-0.05, 0) is 23.3 Å². The number of fused-ring (bicyclic) bond motifs is 4. The molecule has 3 aromatic rings. The van der Waals surface area contributed by atoms with Gasteiger partial charge in [0.2, 0.25) is 11.2 Å². The van der Waals surface area contributed by atoms with Crippen molar-refractivity contribution >= 4 is 23.6 Å². The van der Waals surface area contributed by atoms with E-state index in [0.29, 0.717) is 5.56 Å². The van der Waals surface area contributed by atoms with Gasteiger partial charge in [0, 0.05) is 35.0 Å². The molecule has 8 nitrogen and oxygen atoms in total. The van der Waals surface area contributed by atoms with Crippen molar-refractivity contribution in [2.75, 3.05) is 24.8 Å². The number of amides is 1. The van der Waals surface area contributed by atoms with Crippen LogP contribution in [0.2, 0.25) is 0 Å². The summed E-state index contributed by atoms with van der Waals surface area (Å²) in [5, 5.41) is 1.84. The van der Waals surface area contributed by atoms with Crippen molar-refractivity contribution in [2.45, 2.75) is 36.7 Å². The quantitative estimate of drug-likeness (QED) is 0.456. The molecule has 1 aromatic heterocycles. The predicted molar refractivity (Wildman–Crippen MR) is 139 cm³/mol. The van der Waals surface area contributed by atoms with Crippen LogP contribution in [0.3, 0.4) is 0 Å². The van der Waals surface area contributed by atoms with Crippen molar-refractivity contribution < 1.29 is 27.8 Å². The second kappa shape index (κ2) is 9.80. The van der Waals surface area contributed by atoms with E-state index in [2.05, 4.69) is 0 Å². The number of hydrogen-bond acceptors (Lipinski definition) is 7. The molecule has 0 saturated carbocycles. The fraction of sp³-hybridized carbons (Fsp3) is 0.321. The highest BCUT2D eigenvalue weighted by molar-refractivity contribution is 7.98. The van der Waals surface area contributed by atoms with Crippen LogP contribution in [-0.2, 0) is 15.3 Å². The van der Waals surface area contributed by atoms with Crippen LogP contribution in [0.15, 0.2) is 58.4 Å². The number of aromatic nitrogens is 1. The van der Waals surface area contributed by atoms with E-state index in [-0.39, 0.29) is 42.5 Å². The van der Waals surface area contributed by atoms with Gasteiger partial charge in [-0.25, -0.2) is 8.78 Å². The van der Waals surface area contributed by atoms with Gasteiger partial charge in [0.15, 0.2) is 17.3 Å². The molecule has 1 saturated heterocycles. The van der Waals surface area contributed by atoms with Crippen molar-refractivity contribution in [3.63, 3.8) is 0 Å². The maximum absolute atomic E-state index is 15.3. The Balaban J connectivity index is 1.64. The van der Waals surface area contributed by atoms with Crippen LogP contribution in [0.4, 0.5) is 8.78 Å². The average molecular weight is 554 g/mol. The van der Waals surface area contributed by atoms with Gasteiger partial charge < -0.3 is 14.4 Å². The van der Waals surface area contributed by atoms with Crippen molar-refractivity contribution in [2.24, 2.45) is 5.92 Å². The average Bonchev–Trinajstić information content (AvgIpc) is 3.10. The summed E-state index contributed by atoms with van der Waals surface area (Å²) in [5.74, 6) is -3.69. The molecule has 0 spiro atoms. The molecule has 3 aliphatic heterocycles. The number of rotatable bonds is 3. The molecule has 1 amide bonds. The molecule has 1 fully saturated rings. The molecule has 2 atom stereocenters. The number of benzene rings is 2. The van der Waals surface area contributed by atoms with Crippen molar-refractivity contribution in [1.29, 1.82) is 0 Å². The van der Waals surface area contributed by atoms with Gasteiger partial charge in [0.05, 0.1) is 25.2 Å². The molecular weight excluding hydrogens is 528 g/mol. The van der Waals surface area contributed by atoms with E-state index in [1.807, 2.05) is 29.3 Å². The Morgan fingerprint density at radius 3 is 2.69 bits per heavy atom. The highest BCUT2D eigenvalue weighted by Crippen LogP contribution is 2.45. The third kappa shape index (κ3) is 4.11. The number of ether oxygens (including phenoxy) is 2. The molecule has 0 N–H and O–H groups in total. The summed E-state index contributed by atoms with van der Waals surface area (Å²) < 4.78 is 42.5. The first-order valence-electron chi connectivity index (χ1n) is 12.6. The van der Waals surface area contributed by atoms with Gasteiger partial charge in [-0.3, -0.25) is 24.1 Å². The van der Waals surface area contributed by atoms with Gasteiger partial charge in [-0.1, -0.05) is 38.1 Å². The fourth-order valence-corrected chi connectivity index (χ4v) is 6.40. The number of carbonyl (C=O) groups is 2. The lowest BCUT2D eigenvalue weighted by Gasteiger charge is -2.51. The maximum Gasteiger partial charge on any atom is 0.313 e. The van der Waals surface area contributed by atoms with Crippen LogP contribution in [0.25, 0.3) is 0 Å². The second-order valence-electron chi connectivity index (χ2n) is 9.87. The van der Waals surface area contributed by atoms with Crippen LogP contribution in [-0.4, -0.2) is 47.4 Å². The Hall–Kier alpha value is -3.70. The number of nitrogens with zero attached hydrogens (tertiary/aromatic N) is 3. The van der Waals surface area contributed by atoms with Gasteiger partial charge in [-0.15, -0.1) is 11.8 Å². The van der Waals surface area contributed by atoms with Crippen LogP contribution in [0.1, 0.15) is 47.1 Å². The normalized spacial score (nSPS) is 20.1. The summed E-state index contributed by atoms with van der Waals surface area (Å²) in [4.78, 5) is 41.8. The van der Waals surface area contributed by atoms with Gasteiger partial charge in [0.1, 0.15) is 6.17 Å². The van der Waals surface area contributed by atoms with E-state index in [0.717, 1.165) is 16.5 Å². The third-order valence-corrected chi connectivity index (χ3v) is 8.32. The number of morpholine rings is 1. The zero-order valence-electron chi connectivity index (χ0n) is 21.2. The molecule has 0 radical (unpaired) electrons. The molecule has 39 heavy (non-hydrogen) atoms. The summed E-state index contributed by atoms with van der Waals surface area (Å²) in [5.41, 5.74) is 0.846. The monoisotopic (exact) mass is 553 g/mol. The van der Waals surface area contributed by atoms with E-state index in [1.54, 1.807) is 24.8 Å². The van der Waals surface area contributed by atoms with Crippen LogP contribution < -0.4 is 15.2 Å².